The van der Waals surface area contributed by atoms with Crippen LogP contribution in [0.25, 0.3) is 0 Å². The van der Waals surface area contributed by atoms with Gasteiger partial charge in [-0.05, 0) is 38.1 Å². The van der Waals surface area contributed by atoms with Gasteiger partial charge in [-0.1, -0.05) is 13.3 Å². The number of piperidine rings is 1. The molecule has 1 saturated carbocycles. The summed E-state index contributed by atoms with van der Waals surface area (Å²) in [5, 5.41) is 18.7. The third-order valence-corrected chi connectivity index (χ3v) is 4.46. The lowest BCUT2D eigenvalue weighted by atomic mass is 9.87. The fourth-order valence-electron chi connectivity index (χ4n) is 3.39. The van der Waals surface area contributed by atoms with Gasteiger partial charge in [-0.2, -0.15) is 0 Å². The quantitative estimate of drug-likeness (QED) is 0.759. The van der Waals surface area contributed by atoms with Crippen LogP contribution in [0.2, 0.25) is 0 Å². The zero-order valence-corrected chi connectivity index (χ0v) is 10.4. The molecule has 2 aliphatic rings. The lowest BCUT2D eigenvalue weighted by molar-refractivity contribution is 0.00345. The second-order valence-corrected chi connectivity index (χ2v) is 6.00. The van der Waals surface area contributed by atoms with Crippen molar-refractivity contribution >= 4 is 0 Å². The predicted octanol–water partition coefficient (Wildman–Crippen LogP) is 1.24. The van der Waals surface area contributed by atoms with Crippen LogP contribution in [0, 0.1) is 11.3 Å². The molecule has 1 heterocycles. The summed E-state index contributed by atoms with van der Waals surface area (Å²) in [6.07, 6.45) is 6.73. The first-order valence-electron chi connectivity index (χ1n) is 6.64. The van der Waals surface area contributed by atoms with Gasteiger partial charge in [0.25, 0.3) is 0 Å². The van der Waals surface area contributed by atoms with Crippen LogP contribution in [-0.2, 0) is 0 Å². The molecule has 2 atom stereocenters. The Balaban J connectivity index is 1.97. The van der Waals surface area contributed by atoms with Crippen molar-refractivity contribution in [2.24, 2.45) is 11.3 Å². The molecule has 94 valence electrons. The van der Waals surface area contributed by atoms with Crippen LogP contribution < -0.4 is 0 Å². The highest BCUT2D eigenvalue weighted by Gasteiger charge is 2.37. The van der Waals surface area contributed by atoms with Gasteiger partial charge in [0.1, 0.15) is 0 Å². The smallest absolute Gasteiger partial charge is 0.0519 e. The van der Waals surface area contributed by atoms with Crippen molar-refractivity contribution in [3.8, 4) is 0 Å². The maximum absolute atomic E-state index is 9.37. The van der Waals surface area contributed by atoms with Gasteiger partial charge in [-0.3, -0.25) is 4.90 Å². The van der Waals surface area contributed by atoms with Gasteiger partial charge in [-0.15, -0.1) is 0 Å². The number of fused-ring (bicyclic) bond motifs is 1. The Bertz CT molecular complexity index is 228. The Kier molecular flexibility index (Phi) is 3.88. The molecule has 0 radical (unpaired) electrons. The highest BCUT2D eigenvalue weighted by atomic mass is 16.3. The Hall–Kier alpha value is -0.120. The van der Waals surface area contributed by atoms with Gasteiger partial charge in [0, 0.05) is 18.0 Å². The van der Waals surface area contributed by atoms with E-state index in [1.54, 1.807) is 0 Å². The molecule has 2 rings (SSSR count). The van der Waals surface area contributed by atoms with Crippen molar-refractivity contribution < 1.29 is 10.2 Å². The number of nitrogens with zero attached hydrogens (tertiary/aromatic N) is 1. The first-order chi connectivity index (χ1) is 7.68. The summed E-state index contributed by atoms with van der Waals surface area (Å²) in [4.78, 5) is 2.52. The van der Waals surface area contributed by atoms with Crippen molar-refractivity contribution in [1.29, 1.82) is 0 Å². The van der Waals surface area contributed by atoms with E-state index in [4.69, 9.17) is 0 Å². The average molecular weight is 227 g/mol. The number of aliphatic hydroxyl groups is 2. The monoisotopic (exact) mass is 227 g/mol. The largest absolute Gasteiger partial charge is 0.396 e. The summed E-state index contributed by atoms with van der Waals surface area (Å²) in [6, 6.07) is 0.728. The summed E-state index contributed by atoms with van der Waals surface area (Å²) in [5.41, 5.74) is -0.329. The standard InChI is InChI=1S/C13H25NO2/c1-13(9-15,10-16)8-14-7-3-5-11-4-2-6-12(11)14/h11-12,15-16H,2-10H2,1H3. The van der Waals surface area contributed by atoms with Crippen molar-refractivity contribution in [1.82, 2.24) is 4.90 Å². The Morgan fingerprint density at radius 2 is 1.81 bits per heavy atom. The molecule has 1 aliphatic heterocycles. The van der Waals surface area contributed by atoms with E-state index in [0.29, 0.717) is 0 Å². The van der Waals surface area contributed by atoms with Crippen LogP contribution >= 0.6 is 0 Å². The van der Waals surface area contributed by atoms with Crippen LogP contribution in [0.1, 0.15) is 39.0 Å². The third kappa shape index (κ3) is 2.41. The number of rotatable bonds is 4. The molecule has 3 heteroatoms. The maximum Gasteiger partial charge on any atom is 0.0519 e. The molecule has 0 aromatic heterocycles. The minimum absolute atomic E-state index is 0.0807. The molecule has 16 heavy (non-hydrogen) atoms. The first kappa shape index (κ1) is 12.3. The second kappa shape index (κ2) is 5.03. The molecular weight excluding hydrogens is 202 g/mol. The highest BCUT2D eigenvalue weighted by Crippen LogP contribution is 2.37. The number of hydrogen-bond donors (Lipinski definition) is 2. The van der Waals surface area contributed by atoms with Gasteiger partial charge < -0.3 is 10.2 Å². The molecule has 0 spiro atoms. The van der Waals surface area contributed by atoms with Gasteiger partial charge in [-0.25, -0.2) is 0 Å². The number of hydrogen-bond acceptors (Lipinski definition) is 3. The topological polar surface area (TPSA) is 43.7 Å². The molecule has 1 saturated heterocycles. The molecule has 2 fully saturated rings. The molecule has 0 amide bonds. The lowest BCUT2D eigenvalue weighted by Gasteiger charge is -2.42. The normalized spacial score (nSPS) is 31.7. The van der Waals surface area contributed by atoms with E-state index >= 15 is 0 Å². The Labute approximate surface area is 98.5 Å². The van der Waals surface area contributed by atoms with E-state index in [-0.39, 0.29) is 18.6 Å². The molecule has 3 nitrogen and oxygen atoms in total. The number of likely N-dealkylation sites (tertiary alicyclic amines) is 1. The van der Waals surface area contributed by atoms with Crippen molar-refractivity contribution in [3.63, 3.8) is 0 Å². The third-order valence-electron chi connectivity index (χ3n) is 4.46. The molecule has 2 N–H and O–H groups in total. The van der Waals surface area contributed by atoms with Crippen LogP contribution in [0.4, 0.5) is 0 Å². The zero-order chi connectivity index (χ0) is 11.6. The predicted molar refractivity (Wildman–Crippen MR) is 64.2 cm³/mol. The Morgan fingerprint density at radius 1 is 1.12 bits per heavy atom. The number of aliphatic hydroxyl groups excluding tert-OH is 2. The van der Waals surface area contributed by atoms with Gasteiger partial charge in [0.05, 0.1) is 13.2 Å². The van der Waals surface area contributed by atoms with E-state index in [1.165, 1.54) is 32.1 Å². The van der Waals surface area contributed by atoms with Gasteiger partial charge >= 0.3 is 0 Å². The summed E-state index contributed by atoms with van der Waals surface area (Å²) < 4.78 is 0. The van der Waals surface area contributed by atoms with E-state index in [2.05, 4.69) is 4.90 Å². The zero-order valence-electron chi connectivity index (χ0n) is 10.4. The first-order valence-corrected chi connectivity index (χ1v) is 6.64. The molecular formula is C13H25NO2. The molecule has 1 aliphatic carbocycles. The van der Waals surface area contributed by atoms with Crippen LogP contribution in [-0.4, -0.2) is 47.5 Å². The van der Waals surface area contributed by atoms with Gasteiger partial charge in [0.2, 0.25) is 0 Å². The van der Waals surface area contributed by atoms with Crippen molar-refractivity contribution in [2.45, 2.75) is 45.1 Å². The van der Waals surface area contributed by atoms with Crippen LogP contribution in [0.3, 0.4) is 0 Å². The Morgan fingerprint density at radius 3 is 2.50 bits per heavy atom. The fourth-order valence-corrected chi connectivity index (χ4v) is 3.39. The molecule has 0 aromatic rings. The summed E-state index contributed by atoms with van der Waals surface area (Å²) in [7, 11) is 0. The average Bonchev–Trinajstić information content (AvgIpc) is 2.78. The van der Waals surface area contributed by atoms with E-state index in [9.17, 15) is 10.2 Å². The van der Waals surface area contributed by atoms with Gasteiger partial charge in [0.15, 0.2) is 0 Å². The summed E-state index contributed by atoms with van der Waals surface area (Å²) >= 11 is 0. The minimum Gasteiger partial charge on any atom is -0.396 e. The summed E-state index contributed by atoms with van der Waals surface area (Å²) in [6.45, 7) is 4.14. The van der Waals surface area contributed by atoms with Crippen LogP contribution in [0.5, 0.6) is 0 Å². The van der Waals surface area contributed by atoms with Crippen LogP contribution in [0.15, 0.2) is 0 Å². The van der Waals surface area contributed by atoms with Crippen molar-refractivity contribution in [2.75, 3.05) is 26.3 Å². The van der Waals surface area contributed by atoms with E-state index in [0.717, 1.165) is 25.0 Å². The fraction of sp³-hybridized carbons (Fsp3) is 1.00. The lowest BCUT2D eigenvalue weighted by Crippen LogP contribution is -2.49. The van der Waals surface area contributed by atoms with E-state index in [1.807, 2.05) is 6.92 Å². The van der Waals surface area contributed by atoms with E-state index < -0.39 is 0 Å². The molecule has 0 aromatic carbocycles. The van der Waals surface area contributed by atoms with Crippen molar-refractivity contribution in [3.05, 3.63) is 0 Å². The SMILES string of the molecule is CC(CO)(CO)CN1CCCC2CCCC21. The minimum atomic E-state index is -0.329. The maximum atomic E-state index is 9.37. The molecule has 2 unspecified atom stereocenters. The highest BCUT2D eigenvalue weighted by molar-refractivity contribution is 4.91. The molecule has 0 bridgehead atoms. The summed E-state index contributed by atoms with van der Waals surface area (Å²) in [5.74, 6) is 0.885. The second-order valence-electron chi connectivity index (χ2n) is 6.00.